The van der Waals surface area contributed by atoms with Gasteiger partial charge in [-0.15, -0.1) is 0 Å². The lowest BCUT2D eigenvalue weighted by Gasteiger charge is -2.18. The van der Waals surface area contributed by atoms with Crippen molar-refractivity contribution in [1.82, 2.24) is 4.98 Å². The molecule has 4 aromatic rings. The van der Waals surface area contributed by atoms with E-state index in [1.165, 1.54) is 11.6 Å². The largest absolute Gasteiger partial charge is 0.436 e. The van der Waals surface area contributed by atoms with E-state index in [2.05, 4.69) is 43.2 Å². The quantitative estimate of drug-likeness (QED) is 0.351. The second kappa shape index (κ2) is 8.40. The molecule has 3 aromatic carbocycles. The fraction of sp³-hybridized carbons (Fsp3) is 0.154. The summed E-state index contributed by atoms with van der Waals surface area (Å²) in [6.45, 7) is 6.52. The first-order valence-corrected chi connectivity index (χ1v) is 10.4. The Morgan fingerprint density at radius 1 is 1.03 bits per heavy atom. The summed E-state index contributed by atoms with van der Waals surface area (Å²) in [5.74, 6) is 0.196. The Kier molecular flexibility index (Phi) is 5.66. The summed E-state index contributed by atoms with van der Waals surface area (Å²) in [5, 5.41) is 3.51. The molecule has 0 unspecified atom stereocenters. The van der Waals surface area contributed by atoms with E-state index >= 15 is 0 Å². The number of hydrogen-bond donors (Lipinski definition) is 1. The number of para-hydroxylation sites is 1. The third-order valence-corrected chi connectivity index (χ3v) is 5.20. The van der Waals surface area contributed by atoms with Crippen LogP contribution in [0.5, 0.6) is 0 Å². The summed E-state index contributed by atoms with van der Waals surface area (Å²) in [6.07, 6.45) is 3.32. The van der Waals surface area contributed by atoms with Gasteiger partial charge in [-0.25, -0.2) is 4.98 Å². The van der Waals surface area contributed by atoms with Crippen molar-refractivity contribution >= 4 is 40.4 Å². The number of benzene rings is 3. The average molecular weight is 431 g/mol. The number of rotatable bonds is 4. The standard InChI is InChI=1S/C26H23ClN2O2/c1-26(2,3)18-11-8-17(9-12-18)10-15-24(30)28-21-7-5-4-6-20(21)25-29-22-16-19(27)13-14-23(22)31-25/h4-16H,1-3H3,(H,28,30). The van der Waals surface area contributed by atoms with Gasteiger partial charge < -0.3 is 9.73 Å². The Morgan fingerprint density at radius 2 is 1.77 bits per heavy atom. The molecule has 0 spiro atoms. The zero-order valence-electron chi connectivity index (χ0n) is 17.6. The first kappa shape index (κ1) is 20.9. The Morgan fingerprint density at radius 3 is 2.52 bits per heavy atom. The van der Waals surface area contributed by atoms with E-state index in [-0.39, 0.29) is 11.3 Å². The monoisotopic (exact) mass is 430 g/mol. The lowest BCUT2D eigenvalue weighted by molar-refractivity contribution is -0.111. The normalized spacial score (nSPS) is 11.9. The molecular weight excluding hydrogens is 408 g/mol. The highest BCUT2D eigenvalue weighted by molar-refractivity contribution is 6.31. The van der Waals surface area contributed by atoms with Gasteiger partial charge in [-0.1, -0.05) is 68.8 Å². The molecule has 0 saturated carbocycles. The Balaban J connectivity index is 1.53. The van der Waals surface area contributed by atoms with E-state index in [0.29, 0.717) is 33.3 Å². The molecular formula is C26H23ClN2O2. The van der Waals surface area contributed by atoms with Crippen LogP contribution < -0.4 is 5.32 Å². The molecule has 0 radical (unpaired) electrons. The molecule has 0 saturated heterocycles. The van der Waals surface area contributed by atoms with Gasteiger partial charge in [-0.3, -0.25) is 4.79 Å². The predicted octanol–water partition coefficient (Wildman–Crippen LogP) is 7.10. The van der Waals surface area contributed by atoms with Crippen LogP contribution in [0.2, 0.25) is 5.02 Å². The second-order valence-corrected chi connectivity index (χ2v) is 8.81. The summed E-state index contributed by atoms with van der Waals surface area (Å²) in [6, 6.07) is 20.9. The van der Waals surface area contributed by atoms with E-state index in [1.54, 1.807) is 24.3 Å². The van der Waals surface area contributed by atoms with Crippen LogP contribution in [-0.2, 0) is 10.2 Å². The lowest BCUT2D eigenvalue weighted by atomic mass is 9.87. The molecule has 0 bridgehead atoms. The second-order valence-electron chi connectivity index (χ2n) is 8.37. The minimum absolute atomic E-state index is 0.0966. The van der Waals surface area contributed by atoms with Gasteiger partial charge in [0, 0.05) is 11.1 Å². The highest BCUT2D eigenvalue weighted by Crippen LogP contribution is 2.31. The number of aromatic nitrogens is 1. The van der Waals surface area contributed by atoms with Crippen molar-refractivity contribution in [1.29, 1.82) is 0 Å². The fourth-order valence-electron chi connectivity index (χ4n) is 3.23. The molecule has 1 heterocycles. The van der Waals surface area contributed by atoms with Crippen LogP contribution in [0.1, 0.15) is 31.9 Å². The SMILES string of the molecule is CC(C)(C)c1ccc(C=CC(=O)Nc2ccccc2-c2nc3cc(Cl)ccc3o2)cc1. The predicted molar refractivity (Wildman–Crippen MR) is 127 cm³/mol. The highest BCUT2D eigenvalue weighted by atomic mass is 35.5. The molecule has 31 heavy (non-hydrogen) atoms. The number of nitrogens with zero attached hydrogens (tertiary/aromatic N) is 1. The third-order valence-electron chi connectivity index (χ3n) is 4.97. The summed E-state index contributed by atoms with van der Waals surface area (Å²) in [4.78, 5) is 17.1. The Labute approximate surface area is 186 Å². The molecule has 0 fully saturated rings. The molecule has 156 valence electrons. The van der Waals surface area contributed by atoms with Crippen molar-refractivity contribution in [2.45, 2.75) is 26.2 Å². The van der Waals surface area contributed by atoms with Crippen LogP contribution >= 0.6 is 11.6 Å². The maximum atomic E-state index is 12.5. The van der Waals surface area contributed by atoms with Crippen molar-refractivity contribution in [3.8, 4) is 11.5 Å². The summed E-state index contributed by atoms with van der Waals surface area (Å²) in [5.41, 5.74) is 4.94. The number of anilines is 1. The van der Waals surface area contributed by atoms with Gasteiger partial charge in [0.2, 0.25) is 11.8 Å². The summed E-state index contributed by atoms with van der Waals surface area (Å²) >= 11 is 6.04. The van der Waals surface area contributed by atoms with Crippen LogP contribution in [0.25, 0.3) is 28.6 Å². The Hall–Kier alpha value is -3.37. The van der Waals surface area contributed by atoms with Crippen molar-refractivity contribution < 1.29 is 9.21 Å². The van der Waals surface area contributed by atoms with Gasteiger partial charge in [0.1, 0.15) is 5.52 Å². The molecule has 0 aliphatic heterocycles. The molecule has 0 aliphatic rings. The van der Waals surface area contributed by atoms with Gasteiger partial charge in [-0.2, -0.15) is 0 Å². The maximum Gasteiger partial charge on any atom is 0.248 e. The van der Waals surface area contributed by atoms with E-state index in [1.807, 2.05) is 36.4 Å². The number of oxazole rings is 1. The van der Waals surface area contributed by atoms with Gasteiger partial charge >= 0.3 is 0 Å². The number of amides is 1. The first-order valence-electron chi connectivity index (χ1n) is 10.0. The van der Waals surface area contributed by atoms with Crippen LogP contribution in [0.3, 0.4) is 0 Å². The molecule has 4 rings (SSSR count). The highest BCUT2D eigenvalue weighted by Gasteiger charge is 2.14. The van der Waals surface area contributed by atoms with E-state index < -0.39 is 0 Å². The number of carbonyl (C=O) groups excluding carboxylic acids is 1. The van der Waals surface area contributed by atoms with Crippen LogP contribution in [-0.4, -0.2) is 10.9 Å². The summed E-state index contributed by atoms with van der Waals surface area (Å²) < 4.78 is 5.86. The van der Waals surface area contributed by atoms with E-state index in [4.69, 9.17) is 16.0 Å². The Bertz CT molecular complexity index is 1260. The van der Waals surface area contributed by atoms with Crippen LogP contribution in [0.15, 0.2) is 77.2 Å². The number of carbonyl (C=O) groups is 1. The molecule has 0 atom stereocenters. The summed E-state index contributed by atoms with van der Waals surface area (Å²) in [7, 11) is 0. The lowest BCUT2D eigenvalue weighted by Crippen LogP contribution is -2.10. The van der Waals surface area contributed by atoms with E-state index in [0.717, 1.165) is 5.56 Å². The topological polar surface area (TPSA) is 55.1 Å². The number of halogens is 1. The molecule has 0 aliphatic carbocycles. The van der Waals surface area contributed by atoms with Gasteiger partial charge in [0.05, 0.1) is 11.3 Å². The van der Waals surface area contributed by atoms with Gasteiger partial charge in [0.25, 0.3) is 0 Å². The molecule has 1 N–H and O–H groups in total. The van der Waals surface area contributed by atoms with Crippen LogP contribution in [0.4, 0.5) is 5.69 Å². The molecule has 1 aromatic heterocycles. The zero-order valence-corrected chi connectivity index (χ0v) is 18.4. The molecule has 5 heteroatoms. The van der Waals surface area contributed by atoms with Gasteiger partial charge in [0.15, 0.2) is 5.58 Å². The maximum absolute atomic E-state index is 12.5. The number of nitrogens with one attached hydrogen (secondary N) is 1. The third kappa shape index (κ3) is 4.86. The molecule has 1 amide bonds. The number of fused-ring (bicyclic) bond motifs is 1. The average Bonchev–Trinajstić information content (AvgIpc) is 3.15. The number of hydrogen-bond acceptors (Lipinski definition) is 3. The van der Waals surface area contributed by atoms with Crippen LogP contribution in [0, 0.1) is 0 Å². The van der Waals surface area contributed by atoms with Crippen molar-refractivity contribution in [3.05, 3.63) is 89.0 Å². The van der Waals surface area contributed by atoms with Gasteiger partial charge in [-0.05, 0) is 52.9 Å². The zero-order chi connectivity index (χ0) is 22.0. The first-order chi connectivity index (χ1) is 14.8. The minimum atomic E-state index is -0.230. The fourth-order valence-corrected chi connectivity index (χ4v) is 3.40. The van der Waals surface area contributed by atoms with Crippen molar-refractivity contribution in [2.24, 2.45) is 0 Å². The minimum Gasteiger partial charge on any atom is -0.436 e. The van der Waals surface area contributed by atoms with Crippen molar-refractivity contribution in [2.75, 3.05) is 5.32 Å². The molecule has 4 nitrogen and oxygen atoms in total. The van der Waals surface area contributed by atoms with E-state index in [9.17, 15) is 4.79 Å². The smallest absolute Gasteiger partial charge is 0.248 e. The van der Waals surface area contributed by atoms with Crippen molar-refractivity contribution in [3.63, 3.8) is 0 Å².